The van der Waals surface area contributed by atoms with Crippen molar-refractivity contribution in [3.8, 4) is 0 Å². The molecule has 6 heteroatoms. The van der Waals surface area contributed by atoms with Gasteiger partial charge in [0.05, 0.1) is 11.6 Å². The molecule has 1 saturated carbocycles. The molecule has 1 aromatic heterocycles. The van der Waals surface area contributed by atoms with Crippen LogP contribution in [0.3, 0.4) is 0 Å². The summed E-state index contributed by atoms with van der Waals surface area (Å²) in [6.07, 6.45) is 2.44. The Hall–Kier alpha value is -2.53. The number of hydrogen-bond acceptors (Lipinski definition) is 3. The second-order valence-corrected chi connectivity index (χ2v) is 7.11. The first-order chi connectivity index (χ1) is 12.6. The molecule has 1 fully saturated rings. The van der Waals surface area contributed by atoms with Gasteiger partial charge in [0.1, 0.15) is 0 Å². The fourth-order valence-corrected chi connectivity index (χ4v) is 3.38. The van der Waals surface area contributed by atoms with Crippen LogP contribution in [0.25, 0.3) is 11.1 Å². The van der Waals surface area contributed by atoms with Crippen molar-refractivity contribution in [2.75, 3.05) is 0 Å². The SMILES string of the molecule is O=C(CCn1c(=O)oc2ccccc21)NC(c1ccc(Cl)cc1)C1CC1. The molecule has 1 atom stereocenters. The first-order valence-electron chi connectivity index (χ1n) is 8.75. The van der Waals surface area contributed by atoms with Gasteiger partial charge >= 0.3 is 5.76 Å². The monoisotopic (exact) mass is 370 g/mol. The van der Waals surface area contributed by atoms with Crippen molar-refractivity contribution < 1.29 is 9.21 Å². The van der Waals surface area contributed by atoms with Crippen LogP contribution in [0.15, 0.2) is 57.7 Å². The Labute approximate surface area is 155 Å². The maximum absolute atomic E-state index is 12.5. The van der Waals surface area contributed by atoms with Crippen molar-refractivity contribution in [1.82, 2.24) is 9.88 Å². The number of carbonyl (C=O) groups is 1. The average molecular weight is 371 g/mol. The lowest BCUT2D eigenvalue weighted by atomic mass is 10.0. The third kappa shape index (κ3) is 3.53. The van der Waals surface area contributed by atoms with Gasteiger partial charge in [0.15, 0.2) is 5.58 Å². The number of fused-ring (bicyclic) bond motifs is 1. The average Bonchev–Trinajstić information content (AvgIpc) is 3.42. The van der Waals surface area contributed by atoms with Crippen molar-refractivity contribution >= 4 is 28.6 Å². The molecule has 4 rings (SSSR count). The summed E-state index contributed by atoms with van der Waals surface area (Å²) >= 11 is 5.96. The molecule has 1 unspecified atom stereocenters. The minimum absolute atomic E-state index is 0.00224. The molecule has 134 valence electrons. The summed E-state index contributed by atoms with van der Waals surface area (Å²) < 4.78 is 6.71. The fourth-order valence-electron chi connectivity index (χ4n) is 3.26. The molecule has 1 amide bonds. The van der Waals surface area contributed by atoms with Crippen LogP contribution < -0.4 is 11.1 Å². The molecular formula is C20H19ClN2O3. The van der Waals surface area contributed by atoms with Crippen LogP contribution in [0.1, 0.15) is 30.9 Å². The Bertz CT molecular complexity index is 986. The van der Waals surface area contributed by atoms with Crippen molar-refractivity contribution in [3.63, 3.8) is 0 Å². The third-order valence-electron chi connectivity index (χ3n) is 4.78. The molecule has 1 heterocycles. The molecule has 1 aliphatic rings. The zero-order chi connectivity index (χ0) is 18.1. The summed E-state index contributed by atoms with van der Waals surface area (Å²) in [7, 11) is 0. The number of para-hydroxylation sites is 2. The zero-order valence-electron chi connectivity index (χ0n) is 14.2. The van der Waals surface area contributed by atoms with Gasteiger partial charge < -0.3 is 9.73 Å². The summed E-state index contributed by atoms with van der Waals surface area (Å²) in [5.74, 6) is -0.0397. The molecule has 1 aliphatic carbocycles. The summed E-state index contributed by atoms with van der Waals surface area (Å²) in [5, 5.41) is 3.80. The number of carbonyl (C=O) groups excluding carboxylic acids is 1. The second kappa shape index (κ2) is 7.00. The van der Waals surface area contributed by atoms with Crippen LogP contribution in [0.2, 0.25) is 5.02 Å². The molecule has 0 saturated heterocycles. The fraction of sp³-hybridized carbons (Fsp3) is 0.300. The van der Waals surface area contributed by atoms with Crippen LogP contribution in [-0.4, -0.2) is 10.5 Å². The van der Waals surface area contributed by atoms with Gasteiger partial charge in [-0.1, -0.05) is 35.9 Å². The predicted octanol–water partition coefficient (Wildman–Crippen LogP) is 3.91. The van der Waals surface area contributed by atoms with Gasteiger partial charge in [0, 0.05) is 18.0 Å². The van der Waals surface area contributed by atoms with E-state index < -0.39 is 5.76 Å². The summed E-state index contributed by atoms with van der Waals surface area (Å²) in [5.41, 5.74) is 2.31. The quantitative estimate of drug-likeness (QED) is 0.715. The number of nitrogens with one attached hydrogen (secondary N) is 1. The smallest absolute Gasteiger partial charge is 0.408 e. The molecule has 1 N–H and O–H groups in total. The van der Waals surface area contributed by atoms with Crippen molar-refractivity contribution in [3.05, 3.63) is 69.7 Å². The highest BCUT2D eigenvalue weighted by Gasteiger charge is 2.33. The highest BCUT2D eigenvalue weighted by Crippen LogP contribution is 2.41. The second-order valence-electron chi connectivity index (χ2n) is 6.67. The van der Waals surface area contributed by atoms with E-state index in [0.29, 0.717) is 28.6 Å². The Balaban J connectivity index is 1.45. The minimum Gasteiger partial charge on any atom is -0.408 e. The van der Waals surface area contributed by atoms with E-state index >= 15 is 0 Å². The topological polar surface area (TPSA) is 64.2 Å². The van der Waals surface area contributed by atoms with E-state index in [-0.39, 0.29) is 18.4 Å². The van der Waals surface area contributed by atoms with Gasteiger partial charge in [0.25, 0.3) is 0 Å². The van der Waals surface area contributed by atoms with Crippen LogP contribution >= 0.6 is 11.6 Å². The normalized spacial score (nSPS) is 15.1. The molecule has 3 aromatic rings. The van der Waals surface area contributed by atoms with Crippen molar-refractivity contribution in [1.29, 1.82) is 0 Å². The van der Waals surface area contributed by atoms with Crippen LogP contribution in [-0.2, 0) is 11.3 Å². The number of nitrogens with zero attached hydrogens (tertiary/aromatic N) is 1. The summed E-state index contributed by atoms with van der Waals surface area (Å²) in [6, 6.07) is 14.8. The molecule has 0 radical (unpaired) electrons. The number of benzene rings is 2. The molecule has 0 bridgehead atoms. The Morgan fingerprint density at radius 2 is 1.92 bits per heavy atom. The van der Waals surface area contributed by atoms with Gasteiger partial charge in [-0.3, -0.25) is 9.36 Å². The zero-order valence-corrected chi connectivity index (χ0v) is 14.9. The number of aryl methyl sites for hydroxylation is 1. The Morgan fingerprint density at radius 1 is 1.19 bits per heavy atom. The van der Waals surface area contributed by atoms with Gasteiger partial charge in [0.2, 0.25) is 5.91 Å². The molecule has 0 spiro atoms. The minimum atomic E-state index is -0.435. The highest BCUT2D eigenvalue weighted by molar-refractivity contribution is 6.30. The molecule has 0 aliphatic heterocycles. The lowest BCUT2D eigenvalue weighted by molar-refractivity contribution is -0.122. The van der Waals surface area contributed by atoms with Gasteiger partial charge in [-0.25, -0.2) is 4.79 Å². The molecule has 26 heavy (non-hydrogen) atoms. The van der Waals surface area contributed by atoms with E-state index in [4.69, 9.17) is 16.0 Å². The van der Waals surface area contributed by atoms with Gasteiger partial charge in [-0.05, 0) is 48.6 Å². The summed E-state index contributed by atoms with van der Waals surface area (Å²) in [4.78, 5) is 24.5. The lowest BCUT2D eigenvalue weighted by Gasteiger charge is -2.19. The van der Waals surface area contributed by atoms with Gasteiger partial charge in [-0.2, -0.15) is 0 Å². The van der Waals surface area contributed by atoms with Crippen LogP contribution in [0.4, 0.5) is 0 Å². The maximum Gasteiger partial charge on any atom is 0.419 e. The van der Waals surface area contributed by atoms with E-state index in [1.54, 1.807) is 6.07 Å². The van der Waals surface area contributed by atoms with E-state index in [2.05, 4.69) is 5.32 Å². The number of oxazole rings is 1. The van der Waals surface area contributed by atoms with E-state index in [0.717, 1.165) is 18.4 Å². The van der Waals surface area contributed by atoms with Crippen LogP contribution in [0.5, 0.6) is 0 Å². The van der Waals surface area contributed by atoms with E-state index in [1.807, 2.05) is 42.5 Å². The Morgan fingerprint density at radius 3 is 2.65 bits per heavy atom. The predicted molar refractivity (Wildman–Crippen MR) is 100 cm³/mol. The third-order valence-corrected chi connectivity index (χ3v) is 5.03. The van der Waals surface area contributed by atoms with Gasteiger partial charge in [-0.15, -0.1) is 0 Å². The summed E-state index contributed by atoms with van der Waals surface area (Å²) in [6.45, 7) is 0.291. The molecule has 2 aromatic carbocycles. The van der Waals surface area contributed by atoms with E-state index in [1.165, 1.54) is 4.57 Å². The highest BCUT2D eigenvalue weighted by atomic mass is 35.5. The number of aromatic nitrogens is 1. The Kier molecular flexibility index (Phi) is 4.55. The van der Waals surface area contributed by atoms with Crippen molar-refractivity contribution in [2.45, 2.75) is 31.8 Å². The number of halogens is 1. The maximum atomic E-state index is 12.5. The largest absolute Gasteiger partial charge is 0.419 e. The first-order valence-corrected chi connectivity index (χ1v) is 9.13. The van der Waals surface area contributed by atoms with Crippen molar-refractivity contribution in [2.24, 2.45) is 5.92 Å². The number of hydrogen-bond donors (Lipinski definition) is 1. The van der Waals surface area contributed by atoms with E-state index in [9.17, 15) is 9.59 Å². The number of amides is 1. The molecule has 5 nitrogen and oxygen atoms in total. The lowest BCUT2D eigenvalue weighted by Crippen LogP contribution is -2.31. The number of rotatable bonds is 6. The standard InChI is InChI=1S/C20H19ClN2O3/c21-15-9-7-14(8-10-15)19(13-5-6-13)22-18(24)11-12-23-16-3-1-2-4-17(16)26-20(23)25/h1-4,7-10,13,19H,5-6,11-12H2,(H,22,24). The molecular weight excluding hydrogens is 352 g/mol. The van der Waals surface area contributed by atoms with Crippen LogP contribution in [0, 0.1) is 5.92 Å². The first kappa shape index (κ1) is 16.9.